The molecule has 2 aromatic rings. The van der Waals surface area contributed by atoms with Gasteiger partial charge in [0.25, 0.3) is 0 Å². The first-order chi connectivity index (χ1) is 13.7. The van der Waals surface area contributed by atoms with E-state index in [1.165, 1.54) is 19.3 Å². The topological polar surface area (TPSA) is 50.8 Å². The van der Waals surface area contributed by atoms with Crippen molar-refractivity contribution < 1.29 is 14.3 Å². The van der Waals surface area contributed by atoms with Crippen LogP contribution in [0.3, 0.4) is 0 Å². The normalized spacial score (nSPS) is 14.3. The number of carbonyl (C=O) groups excluding carboxylic acids is 1. The lowest BCUT2D eigenvalue weighted by atomic mass is 9.94. The van der Waals surface area contributed by atoms with Gasteiger partial charge in [-0.05, 0) is 37.1 Å². The number of likely N-dealkylation sites (N-methyl/N-ethyl adjacent to an activating group) is 1. The molecule has 0 unspecified atom stereocenters. The first-order valence-corrected chi connectivity index (χ1v) is 10.1. The van der Waals surface area contributed by atoms with Gasteiger partial charge in [0.15, 0.2) is 0 Å². The summed E-state index contributed by atoms with van der Waals surface area (Å²) >= 11 is 0. The smallest absolute Gasteiger partial charge is 0.241 e. The van der Waals surface area contributed by atoms with Crippen LogP contribution in [0, 0.1) is 0 Å². The van der Waals surface area contributed by atoms with Crippen LogP contribution in [0.15, 0.2) is 54.6 Å². The summed E-state index contributed by atoms with van der Waals surface area (Å²) in [7, 11) is 1.92. The molecule has 0 bridgehead atoms. The zero-order valence-corrected chi connectivity index (χ0v) is 16.6. The van der Waals surface area contributed by atoms with Crippen molar-refractivity contribution in [3.05, 3.63) is 54.6 Å². The highest BCUT2D eigenvalue weighted by Crippen LogP contribution is 2.22. The molecule has 1 aliphatic rings. The maximum atomic E-state index is 12.5. The van der Waals surface area contributed by atoms with Crippen LogP contribution in [0.5, 0.6) is 11.5 Å². The number of rotatable bonds is 9. The number of anilines is 1. The molecule has 1 amide bonds. The second kappa shape index (κ2) is 10.6. The second-order valence-electron chi connectivity index (χ2n) is 7.19. The predicted molar refractivity (Wildman–Crippen MR) is 112 cm³/mol. The number of benzene rings is 2. The molecule has 1 aliphatic carbocycles. The number of nitrogens with one attached hydrogen (secondary N) is 1. The summed E-state index contributed by atoms with van der Waals surface area (Å²) in [5, 5.41) is 3.22. The number of nitrogens with zero attached hydrogens (tertiary/aromatic N) is 1. The summed E-state index contributed by atoms with van der Waals surface area (Å²) in [4.78, 5) is 14.4. The number of ether oxygens (including phenoxy) is 2. The fraction of sp³-hybridized carbons (Fsp3) is 0.435. The largest absolute Gasteiger partial charge is 0.490 e. The maximum Gasteiger partial charge on any atom is 0.241 e. The van der Waals surface area contributed by atoms with Gasteiger partial charge in [0.2, 0.25) is 5.91 Å². The van der Waals surface area contributed by atoms with Crippen LogP contribution in [0.4, 0.5) is 5.69 Å². The highest BCUT2D eigenvalue weighted by Gasteiger charge is 2.21. The lowest BCUT2D eigenvalue weighted by Gasteiger charge is -2.31. The van der Waals surface area contributed by atoms with Crippen molar-refractivity contribution in [2.24, 2.45) is 0 Å². The Morgan fingerprint density at radius 2 is 1.64 bits per heavy atom. The van der Waals surface area contributed by atoms with Crippen LogP contribution in [0.2, 0.25) is 0 Å². The van der Waals surface area contributed by atoms with Gasteiger partial charge < -0.3 is 19.7 Å². The molecule has 1 N–H and O–H groups in total. The lowest BCUT2D eigenvalue weighted by molar-refractivity contribution is -0.130. The Morgan fingerprint density at radius 1 is 0.964 bits per heavy atom. The molecule has 0 aromatic heterocycles. The van der Waals surface area contributed by atoms with E-state index in [2.05, 4.69) is 5.32 Å². The molecule has 28 heavy (non-hydrogen) atoms. The van der Waals surface area contributed by atoms with Gasteiger partial charge in [-0.1, -0.05) is 43.5 Å². The molecular weight excluding hydrogens is 352 g/mol. The molecule has 2 aromatic carbocycles. The number of hydrogen-bond donors (Lipinski definition) is 1. The van der Waals surface area contributed by atoms with Crippen LogP contribution in [0.1, 0.15) is 32.1 Å². The molecule has 0 radical (unpaired) electrons. The number of para-hydroxylation sites is 1. The Labute approximate surface area is 167 Å². The fourth-order valence-corrected chi connectivity index (χ4v) is 3.51. The van der Waals surface area contributed by atoms with Crippen LogP contribution in [-0.4, -0.2) is 43.7 Å². The molecule has 3 rings (SSSR count). The van der Waals surface area contributed by atoms with E-state index in [-0.39, 0.29) is 5.91 Å². The molecule has 5 heteroatoms. The Balaban J connectivity index is 1.40. The molecule has 0 heterocycles. The van der Waals surface area contributed by atoms with Crippen molar-refractivity contribution >= 4 is 11.6 Å². The van der Waals surface area contributed by atoms with Crippen molar-refractivity contribution in [2.75, 3.05) is 32.1 Å². The lowest BCUT2D eigenvalue weighted by Crippen LogP contribution is -2.41. The molecule has 0 aliphatic heterocycles. The van der Waals surface area contributed by atoms with Gasteiger partial charge in [0, 0.05) is 24.8 Å². The Bertz CT molecular complexity index is 730. The predicted octanol–water partition coefficient (Wildman–Crippen LogP) is 4.35. The highest BCUT2D eigenvalue weighted by atomic mass is 16.5. The first-order valence-electron chi connectivity index (χ1n) is 10.1. The van der Waals surface area contributed by atoms with E-state index >= 15 is 0 Å². The summed E-state index contributed by atoms with van der Waals surface area (Å²) in [6, 6.07) is 17.8. The molecule has 1 fully saturated rings. The molecule has 0 atom stereocenters. The van der Waals surface area contributed by atoms with E-state index < -0.39 is 0 Å². The van der Waals surface area contributed by atoms with Crippen LogP contribution < -0.4 is 14.8 Å². The summed E-state index contributed by atoms with van der Waals surface area (Å²) in [5.74, 6) is 1.73. The van der Waals surface area contributed by atoms with E-state index in [0.29, 0.717) is 25.8 Å². The third-order valence-corrected chi connectivity index (χ3v) is 5.16. The second-order valence-corrected chi connectivity index (χ2v) is 7.19. The Morgan fingerprint density at radius 3 is 2.39 bits per heavy atom. The SMILES string of the molecule is CN(C(=O)CNc1cccc(OCCOc2ccccc2)c1)C1CCCCC1. The molecule has 0 saturated heterocycles. The quantitative estimate of drug-likeness (QED) is 0.655. The minimum absolute atomic E-state index is 0.134. The van der Waals surface area contributed by atoms with Gasteiger partial charge in [-0.15, -0.1) is 0 Å². The molecule has 5 nitrogen and oxygen atoms in total. The van der Waals surface area contributed by atoms with Crippen molar-refractivity contribution in [1.29, 1.82) is 0 Å². The van der Waals surface area contributed by atoms with Crippen LogP contribution >= 0.6 is 0 Å². The van der Waals surface area contributed by atoms with E-state index in [9.17, 15) is 4.79 Å². The Hall–Kier alpha value is -2.69. The maximum absolute atomic E-state index is 12.5. The van der Waals surface area contributed by atoms with E-state index in [1.807, 2.05) is 66.5 Å². The van der Waals surface area contributed by atoms with Crippen LogP contribution in [0.25, 0.3) is 0 Å². The molecule has 0 spiro atoms. The average molecular weight is 383 g/mol. The van der Waals surface area contributed by atoms with Gasteiger partial charge in [-0.25, -0.2) is 0 Å². The minimum Gasteiger partial charge on any atom is -0.490 e. The monoisotopic (exact) mass is 382 g/mol. The summed E-state index contributed by atoms with van der Waals surface area (Å²) in [5.41, 5.74) is 0.881. The van der Waals surface area contributed by atoms with E-state index in [1.54, 1.807) is 0 Å². The minimum atomic E-state index is 0.134. The molecule has 150 valence electrons. The molecule has 1 saturated carbocycles. The highest BCUT2D eigenvalue weighted by molar-refractivity contribution is 5.81. The van der Waals surface area contributed by atoms with Crippen molar-refractivity contribution in [3.63, 3.8) is 0 Å². The van der Waals surface area contributed by atoms with Crippen LogP contribution in [-0.2, 0) is 4.79 Å². The van der Waals surface area contributed by atoms with Crippen molar-refractivity contribution in [1.82, 2.24) is 4.90 Å². The molecular formula is C23H30N2O3. The van der Waals surface area contributed by atoms with Gasteiger partial charge in [0.1, 0.15) is 24.7 Å². The zero-order chi connectivity index (χ0) is 19.6. The fourth-order valence-electron chi connectivity index (χ4n) is 3.51. The van der Waals surface area contributed by atoms with Gasteiger partial charge in [-0.2, -0.15) is 0 Å². The summed E-state index contributed by atoms with van der Waals surface area (Å²) in [6.07, 6.45) is 5.99. The number of hydrogen-bond acceptors (Lipinski definition) is 4. The van der Waals surface area contributed by atoms with Gasteiger partial charge >= 0.3 is 0 Å². The summed E-state index contributed by atoms with van der Waals surface area (Å²) < 4.78 is 11.4. The van der Waals surface area contributed by atoms with Crippen molar-refractivity contribution in [3.8, 4) is 11.5 Å². The zero-order valence-electron chi connectivity index (χ0n) is 16.6. The van der Waals surface area contributed by atoms with Gasteiger partial charge in [-0.3, -0.25) is 4.79 Å². The average Bonchev–Trinajstić information content (AvgIpc) is 2.76. The van der Waals surface area contributed by atoms with E-state index in [0.717, 1.165) is 30.0 Å². The Kier molecular flexibility index (Phi) is 7.59. The third kappa shape index (κ3) is 6.19. The standard InChI is InChI=1S/C23H30N2O3/c1-25(20-10-4-2-5-11-20)23(26)18-24-19-9-8-14-22(17-19)28-16-15-27-21-12-6-3-7-13-21/h3,6-9,12-14,17,20,24H,2,4-5,10-11,15-16,18H2,1H3. The first kappa shape index (κ1) is 20.1. The van der Waals surface area contributed by atoms with Gasteiger partial charge in [0.05, 0.1) is 6.54 Å². The number of amides is 1. The summed E-state index contributed by atoms with van der Waals surface area (Å²) in [6.45, 7) is 1.24. The van der Waals surface area contributed by atoms with E-state index in [4.69, 9.17) is 9.47 Å². The third-order valence-electron chi connectivity index (χ3n) is 5.16. The van der Waals surface area contributed by atoms with Crippen molar-refractivity contribution in [2.45, 2.75) is 38.1 Å². The number of carbonyl (C=O) groups is 1.